The number of carbonyl (C=O) groups excluding carboxylic acids is 1. The minimum atomic E-state index is 0.0326. The van der Waals surface area contributed by atoms with Crippen LogP contribution in [0.15, 0.2) is 22.0 Å². The van der Waals surface area contributed by atoms with E-state index in [0.717, 1.165) is 42.8 Å². The number of hydrogen-bond donors (Lipinski definition) is 0. The van der Waals surface area contributed by atoms with Crippen molar-refractivity contribution in [3.05, 3.63) is 27.6 Å². The average molecular weight is 505 g/mol. The van der Waals surface area contributed by atoms with Crippen molar-refractivity contribution in [3.8, 4) is 11.5 Å². The zero-order valence-corrected chi connectivity index (χ0v) is 22.2. The normalized spacial score (nSPS) is 23.6. The Hall–Kier alpha value is -1.66. The van der Waals surface area contributed by atoms with Crippen molar-refractivity contribution in [2.45, 2.75) is 103 Å². The van der Waals surface area contributed by atoms with Crippen LogP contribution in [0.5, 0.6) is 11.5 Å². The lowest BCUT2D eigenvalue weighted by molar-refractivity contribution is -0.124. The van der Waals surface area contributed by atoms with Crippen molar-refractivity contribution in [1.82, 2.24) is 4.90 Å². The maximum atomic E-state index is 13.6. The maximum absolute atomic E-state index is 13.6. The highest BCUT2D eigenvalue weighted by Crippen LogP contribution is 2.41. The molecule has 1 amide bonds. The van der Waals surface area contributed by atoms with Crippen LogP contribution in [0.4, 0.5) is 0 Å². The number of nitrogens with zero attached hydrogens (tertiary/aromatic N) is 2. The van der Waals surface area contributed by atoms with Gasteiger partial charge >= 0.3 is 0 Å². The zero-order valence-electron chi connectivity index (χ0n) is 20.6. The van der Waals surface area contributed by atoms with Gasteiger partial charge in [0.15, 0.2) is 16.7 Å². The fourth-order valence-corrected chi connectivity index (χ4v) is 6.35. The van der Waals surface area contributed by atoms with E-state index in [1.54, 1.807) is 7.11 Å². The van der Waals surface area contributed by atoms with Crippen LogP contribution in [0.2, 0.25) is 5.02 Å². The molecular weight excluding hydrogens is 468 g/mol. The Bertz CT molecular complexity index is 936. The molecule has 7 heteroatoms. The highest BCUT2D eigenvalue weighted by atomic mass is 35.5. The van der Waals surface area contributed by atoms with E-state index in [0.29, 0.717) is 27.5 Å². The van der Waals surface area contributed by atoms with Gasteiger partial charge in [0, 0.05) is 6.04 Å². The van der Waals surface area contributed by atoms with E-state index in [1.165, 1.54) is 50.3 Å². The van der Waals surface area contributed by atoms with E-state index >= 15 is 0 Å². The topological polar surface area (TPSA) is 51.1 Å². The van der Waals surface area contributed by atoms with Crippen molar-refractivity contribution in [1.29, 1.82) is 0 Å². The van der Waals surface area contributed by atoms with Gasteiger partial charge in [0.1, 0.15) is 0 Å². The summed E-state index contributed by atoms with van der Waals surface area (Å²) in [7, 11) is 1.61. The number of carbonyl (C=O) groups is 1. The zero-order chi connectivity index (χ0) is 24.1. The molecule has 0 unspecified atom stereocenters. The van der Waals surface area contributed by atoms with Crippen molar-refractivity contribution in [2.75, 3.05) is 7.11 Å². The summed E-state index contributed by atoms with van der Waals surface area (Å²) < 4.78 is 11.6. The number of amidine groups is 1. The molecular formula is C27H37ClN2O3S. The average Bonchev–Trinajstić information content (AvgIpc) is 3.15. The molecule has 0 aromatic heterocycles. The molecule has 1 aliphatic heterocycles. The SMILES string of the molecule is CC[C@@H](C)Oc1c(Cl)cc(/C=C2\SC(=NC3CCCCC3)N(C3CCCCC3)C2=O)cc1OC. The molecule has 1 saturated heterocycles. The van der Waals surface area contributed by atoms with Crippen LogP contribution in [0.1, 0.15) is 90.0 Å². The summed E-state index contributed by atoms with van der Waals surface area (Å²) in [4.78, 5) is 21.4. The minimum absolute atomic E-state index is 0.0326. The molecule has 1 heterocycles. The summed E-state index contributed by atoms with van der Waals surface area (Å²) in [6.45, 7) is 4.07. The third kappa shape index (κ3) is 5.93. The third-order valence-electron chi connectivity index (χ3n) is 7.09. The van der Waals surface area contributed by atoms with Crippen LogP contribution < -0.4 is 9.47 Å². The molecule has 5 nitrogen and oxygen atoms in total. The highest BCUT2D eigenvalue weighted by Gasteiger charge is 2.39. The van der Waals surface area contributed by atoms with E-state index in [4.69, 9.17) is 26.1 Å². The first-order chi connectivity index (χ1) is 16.5. The summed E-state index contributed by atoms with van der Waals surface area (Å²) in [5.74, 6) is 1.20. The van der Waals surface area contributed by atoms with Gasteiger partial charge in [-0.2, -0.15) is 0 Å². The van der Waals surface area contributed by atoms with E-state index in [1.807, 2.05) is 30.0 Å². The van der Waals surface area contributed by atoms with Gasteiger partial charge in [-0.3, -0.25) is 14.7 Å². The summed E-state index contributed by atoms with van der Waals surface area (Å²) >= 11 is 8.10. The Morgan fingerprint density at radius 1 is 1.15 bits per heavy atom. The number of aliphatic imine (C=N–C) groups is 1. The molecule has 3 fully saturated rings. The van der Waals surface area contributed by atoms with Crippen LogP contribution in [-0.2, 0) is 4.79 Å². The molecule has 3 aliphatic rings. The summed E-state index contributed by atoms with van der Waals surface area (Å²) in [5.41, 5.74) is 0.830. The van der Waals surface area contributed by atoms with Gasteiger partial charge in [-0.1, -0.05) is 57.0 Å². The smallest absolute Gasteiger partial charge is 0.266 e. The van der Waals surface area contributed by atoms with Gasteiger partial charge in [-0.25, -0.2) is 0 Å². The van der Waals surface area contributed by atoms with Crippen molar-refractivity contribution in [3.63, 3.8) is 0 Å². The van der Waals surface area contributed by atoms with Gasteiger partial charge in [0.2, 0.25) is 0 Å². The molecule has 1 aromatic carbocycles. The predicted octanol–water partition coefficient (Wildman–Crippen LogP) is 7.46. The third-order valence-corrected chi connectivity index (χ3v) is 8.37. The second kappa shape index (κ2) is 11.9. The van der Waals surface area contributed by atoms with E-state index in [-0.39, 0.29) is 18.1 Å². The highest BCUT2D eigenvalue weighted by molar-refractivity contribution is 8.18. The molecule has 0 radical (unpaired) electrons. The quantitative estimate of drug-likeness (QED) is 0.361. The minimum Gasteiger partial charge on any atom is -0.493 e. The second-order valence-corrected chi connectivity index (χ2v) is 11.1. The van der Waals surface area contributed by atoms with Gasteiger partial charge in [-0.05, 0) is 74.6 Å². The number of thioether (sulfide) groups is 1. The van der Waals surface area contributed by atoms with Gasteiger partial charge in [0.05, 0.1) is 29.2 Å². The summed E-state index contributed by atoms with van der Waals surface area (Å²) in [5, 5.41) is 1.38. The first kappa shape index (κ1) is 25.4. The first-order valence-electron chi connectivity index (χ1n) is 12.8. The lowest BCUT2D eigenvalue weighted by atomic mass is 9.94. The molecule has 34 heavy (non-hydrogen) atoms. The number of benzene rings is 1. The van der Waals surface area contributed by atoms with Crippen LogP contribution in [0.25, 0.3) is 6.08 Å². The van der Waals surface area contributed by atoms with Gasteiger partial charge < -0.3 is 9.47 Å². The lowest BCUT2D eigenvalue weighted by Gasteiger charge is -2.31. The largest absolute Gasteiger partial charge is 0.493 e. The van der Waals surface area contributed by atoms with E-state index < -0.39 is 0 Å². The molecule has 0 bridgehead atoms. The molecule has 1 aromatic rings. The molecule has 1 atom stereocenters. The Kier molecular flexibility index (Phi) is 8.86. The van der Waals surface area contributed by atoms with Crippen molar-refractivity contribution in [2.24, 2.45) is 4.99 Å². The first-order valence-corrected chi connectivity index (χ1v) is 14.0. The molecule has 0 spiro atoms. The fraction of sp³-hybridized carbons (Fsp3) is 0.630. The number of halogens is 1. The molecule has 4 rings (SSSR count). The van der Waals surface area contributed by atoms with E-state index in [9.17, 15) is 4.79 Å². The fourth-order valence-electron chi connectivity index (χ4n) is 4.98. The van der Waals surface area contributed by atoms with Crippen molar-refractivity contribution < 1.29 is 14.3 Å². The second-order valence-electron chi connectivity index (χ2n) is 9.65. The number of amides is 1. The van der Waals surface area contributed by atoms with Gasteiger partial charge in [-0.15, -0.1) is 0 Å². The van der Waals surface area contributed by atoms with Crippen LogP contribution in [0, 0.1) is 0 Å². The number of rotatable bonds is 7. The number of ether oxygens (including phenoxy) is 2. The Morgan fingerprint density at radius 2 is 1.82 bits per heavy atom. The Labute approximate surface area is 213 Å². The number of methoxy groups -OCH3 is 1. The summed E-state index contributed by atoms with van der Waals surface area (Å²) in [6.07, 6.45) is 14.6. The Morgan fingerprint density at radius 3 is 2.47 bits per heavy atom. The van der Waals surface area contributed by atoms with Crippen LogP contribution in [0.3, 0.4) is 0 Å². The van der Waals surface area contributed by atoms with Gasteiger partial charge in [0.25, 0.3) is 5.91 Å². The van der Waals surface area contributed by atoms with Crippen molar-refractivity contribution >= 4 is 40.5 Å². The molecule has 186 valence electrons. The molecule has 2 aliphatic carbocycles. The predicted molar refractivity (Wildman–Crippen MR) is 142 cm³/mol. The van der Waals surface area contributed by atoms with E-state index in [2.05, 4.69) is 6.92 Å². The Balaban J connectivity index is 1.64. The molecule has 0 N–H and O–H groups in total. The standard InChI is InChI=1S/C27H37ClN2O3S/c1-4-18(2)33-25-22(28)15-19(16-23(25)32-3)17-24-26(31)30(21-13-9-6-10-14-21)27(34-24)29-20-11-7-5-8-12-20/h15-18,20-21H,4-14H2,1-3H3/b24-17-,29-27?/t18-/m1/s1. The lowest BCUT2D eigenvalue weighted by Crippen LogP contribution is -2.41. The van der Waals surface area contributed by atoms with Crippen LogP contribution in [-0.4, -0.2) is 41.3 Å². The number of hydrogen-bond acceptors (Lipinski definition) is 5. The van der Waals surface area contributed by atoms with Crippen LogP contribution >= 0.6 is 23.4 Å². The molecule has 2 saturated carbocycles. The summed E-state index contributed by atoms with van der Waals surface area (Å²) in [6, 6.07) is 4.34. The monoisotopic (exact) mass is 504 g/mol. The maximum Gasteiger partial charge on any atom is 0.266 e.